The molecule has 0 bridgehead atoms. The van der Waals surface area contributed by atoms with Gasteiger partial charge in [0.15, 0.2) is 11.5 Å². The maximum Gasteiger partial charge on any atom is 0.244 e. The Hall–Kier alpha value is -3.27. The van der Waals surface area contributed by atoms with Crippen LogP contribution in [0, 0.1) is 0 Å². The van der Waals surface area contributed by atoms with Crippen molar-refractivity contribution in [2.75, 3.05) is 30.3 Å². The summed E-state index contributed by atoms with van der Waals surface area (Å²) < 4.78 is 37.4. The number of anilines is 1. The first-order chi connectivity index (χ1) is 16.1. The third kappa shape index (κ3) is 6.40. The minimum absolute atomic E-state index is 0.103. The summed E-state index contributed by atoms with van der Waals surface area (Å²) >= 11 is 0. The summed E-state index contributed by atoms with van der Waals surface area (Å²) in [5.74, 6) is 0.107. The summed E-state index contributed by atoms with van der Waals surface area (Å²) in [7, 11) is -3.82. The zero-order chi connectivity index (χ0) is 24.9. The van der Waals surface area contributed by atoms with E-state index in [0.717, 1.165) is 16.1 Å². The molecule has 0 aromatic heterocycles. The van der Waals surface area contributed by atoms with Crippen LogP contribution in [0.5, 0.6) is 11.5 Å². The summed E-state index contributed by atoms with van der Waals surface area (Å²) in [6, 6.07) is 13.1. The van der Waals surface area contributed by atoms with E-state index in [9.17, 15) is 18.0 Å². The van der Waals surface area contributed by atoms with Gasteiger partial charge >= 0.3 is 0 Å². The second-order valence-electron chi connectivity index (χ2n) is 8.44. The van der Waals surface area contributed by atoms with Gasteiger partial charge in [-0.05, 0) is 38.5 Å². The van der Waals surface area contributed by atoms with E-state index in [1.807, 2.05) is 44.2 Å². The molecule has 1 aliphatic rings. The summed E-state index contributed by atoms with van der Waals surface area (Å²) in [5.41, 5.74) is 1.10. The molecule has 0 radical (unpaired) electrons. The molecule has 0 aliphatic carbocycles. The van der Waals surface area contributed by atoms with Gasteiger partial charge in [0.1, 0.15) is 25.8 Å². The standard InChI is InChI=1S/C24H31N3O6S/c1-17(2)25-24(29)18(3)26(15-19-8-6-5-7-9-19)23(28)16-27(34(4,30)31)20-10-11-21-22(14-20)33-13-12-32-21/h5-11,14,17-18H,12-13,15-16H2,1-4H3,(H,25,29). The largest absolute Gasteiger partial charge is 0.486 e. The number of hydrogen-bond acceptors (Lipinski definition) is 6. The van der Waals surface area contributed by atoms with Crippen LogP contribution >= 0.6 is 0 Å². The van der Waals surface area contributed by atoms with Crippen molar-refractivity contribution in [3.05, 3.63) is 54.1 Å². The molecule has 9 nitrogen and oxygen atoms in total. The third-order valence-electron chi connectivity index (χ3n) is 5.29. The quantitative estimate of drug-likeness (QED) is 0.579. The van der Waals surface area contributed by atoms with Crippen LogP contribution in [0.4, 0.5) is 5.69 Å². The monoisotopic (exact) mass is 489 g/mol. The summed E-state index contributed by atoms with van der Waals surface area (Å²) in [6.45, 7) is 5.75. The fourth-order valence-electron chi connectivity index (χ4n) is 3.57. The zero-order valence-electron chi connectivity index (χ0n) is 19.9. The number of rotatable bonds is 9. The van der Waals surface area contributed by atoms with Gasteiger partial charge in [0.2, 0.25) is 21.8 Å². The van der Waals surface area contributed by atoms with Crippen molar-refractivity contribution in [1.29, 1.82) is 0 Å². The zero-order valence-corrected chi connectivity index (χ0v) is 20.7. The Morgan fingerprint density at radius 1 is 1.00 bits per heavy atom. The number of hydrogen-bond donors (Lipinski definition) is 1. The van der Waals surface area contributed by atoms with Crippen LogP contribution in [-0.2, 0) is 26.2 Å². The highest BCUT2D eigenvalue weighted by Gasteiger charge is 2.30. The third-order valence-corrected chi connectivity index (χ3v) is 6.43. The molecule has 0 fully saturated rings. The molecule has 10 heteroatoms. The van der Waals surface area contributed by atoms with Crippen LogP contribution in [0.2, 0.25) is 0 Å². The highest BCUT2D eigenvalue weighted by molar-refractivity contribution is 7.92. The fourth-order valence-corrected chi connectivity index (χ4v) is 4.41. The molecule has 0 saturated carbocycles. The molecule has 3 rings (SSSR count). The van der Waals surface area contributed by atoms with Crippen molar-refractivity contribution in [3.8, 4) is 11.5 Å². The van der Waals surface area contributed by atoms with Crippen LogP contribution in [0.15, 0.2) is 48.5 Å². The molecule has 1 atom stereocenters. The van der Waals surface area contributed by atoms with Gasteiger partial charge in [0.05, 0.1) is 11.9 Å². The van der Waals surface area contributed by atoms with E-state index in [-0.39, 0.29) is 24.2 Å². The van der Waals surface area contributed by atoms with Gasteiger partial charge in [-0.1, -0.05) is 30.3 Å². The minimum Gasteiger partial charge on any atom is -0.486 e. The Bertz CT molecular complexity index is 1120. The number of amides is 2. The lowest BCUT2D eigenvalue weighted by atomic mass is 10.1. The number of carbonyl (C=O) groups is 2. The van der Waals surface area contributed by atoms with E-state index < -0.39 is 28.5 Å². The Morgan fingerprint density at radius 3 is 2.26 bits per heavy atom. The summed E-state index contributed by atoms with van der Waals surface area (Å²) in [6.07, 6.45) is 1.04. The molecular formula is C24H31N3O6S. The average molecular weight is 490 g/mol. The van der Waals surface area contributed by atoms with E-state index in [4.69, 9.17) is 9.47 Å². The molecule has 2 amide bonds. The minimum atomic E-state index is -3.82. The van der Waals surface area contributed by atoms with E-state index in [2.05, 4.69) is 5.32 Å². The molecule has 1 N–H and O–H groups in total. The molecule has 1 unspecified atom stereocenters. The smallest absolute Gasteiger partial charge is 0.244 e. The Labute approximate surface area is 200 Å². The Balaban J connectivity index is 1.90. The summed E-state index contributed by atoms with van der Waals surface area (Å²) in [4.78, 5) is 27.6. The number of fused-ring (bicyclic) bond motifs is 1. The number of nitrogens with one attached hydrogen (secondary N) is 1. The molecule has 0 spiro atoms. The van der Waals surface area contributed by atoms with Crippen molar-refractivity contribution in [1.82, 2.24) is 10.2 Å². The van der Waals surface area contributed by atoms with Crippen LogP contribution in [0.1, 0.15) is 26.3 Å². The maximum atomic E-state index is 13.5. The number of carbonyl (C=O) groups excluding carboxylic acids is 2. The maximum absolute atomic E-state index is 13.5. The van der Waals surface area contributed by atoms with Gasteiger partial charge in [-0.2, -0.15) is 0 Å². The molecule has 1 heterocycles. The van der Waals surface area contributed by atoms with Gasteiger partial charge in [-0.25, -0.2) is 8.42 Å². The van der Waals surface area contributed by atoms with E-state index in [1.165, 1.54) is 4.90 Å². The highest BCUT2D eigenvalue weighted by atomic mass is 32.2. The van der Waals surface area contributed by atoms with Crippen LogP contribution in [-0.4, -0.2) is 63.2 Å². The van der Waals surface area contributed by atoms with Crippen molar-refractivity contribution in [2.45, 2.75) is 39.4 Å². The molecule has 2 aromatic rings. The molecule has 0 saturated heterocycles. The van der Waals surface area contributed by atoms with Crippen LogP contribution < -0.4 is 19.1 Å². The average Bonchev–Trinajstić information content (AvgIpc) is 2.79. The molecule has 34 heavy (non-hydrogen) atoms. The fraction of sp³-hybridized carbons (Fsp3) is 0.417. The number of nitrogens with zero attached hydrogens (tertiary/aromatic N) is 2. The van der Waals surface area contributed by atoms with Crippen LogP contribution in [0.25, 0.3) is 0 Å². The number of sulfonamides is 1. The second kappa shape index (κ2) is 10.8. The first-order valence-electron chi connectivity index (χ1n) is 11.1. The number of benzene rings is 2. The normalized spacial score (nSPS) is 13.8. The molecule has 2 aromatic carbocycles. The first-order valence-corrected chi connectivity index (χ1v) is 12.9. The van der Waals surface area contributed by atoms with E-state index in [1.54, 1.807) is 25.1 Å². The lowest BCUT2D eigenvalue weighted by molar-refractivity contribution is -0.139. The SMILES string of the molecule is CC(C)NC(=O)C(C)N(Cc1ccccc1)C(=O)CN(c1ccc2c(c1)OCCO2)S(C)(=O)=O. The van der Waals surface area contributed by atoms with Gasteiger partial charge < -0.3 is 19.7 Å². The predicted molar refractivity (Wildman–Crippen MR) is 129 cm³/mol. The van der Waals surface area contributed by atoms with Crippen molar-refractivity contribution >= 4 is 27.5 Å². The number of ether oxygens (including phenoxy) is 2. The van der Waals surface area contributed by atoms with Crippen LogP contribution in [0.3, 0.4) is 0 Å². The topological polar surface area (TPSA) is 105 Å². The Kier molecular flexibility index (Phi) is 8.03. The highest BCUT2D eigenvalue weighted by Crippen LogP contribution is 2.34. The van der Waals surface area contributed by atoms with Gasteiger partial charge in [0.25, 0.3) is 0 Å². The molecule has 1 aliphatic heterocycles. The van der Waals surface area contributed by atoms with Gasteiger partial charge in [-0.3, -0.25) is 13.9 Å². The second-order valence-corrected chi connectivity index (χ2v) is 10.4. The lowest BCUT2D eigenvalue weighted by Crippen LogP contribution is -2.52. The lowest BCUT2D eigenvalue weighted by Gasteiger charge is -2.32. The first kappa shape index (κ1) is 25.4. The van der Waals surface area contributed by atoms with Crippen molar-refractivity contribution < 1.29 is 27.5 Å². The van der Waals surface area contributed by atoms with Gasteiger partial charge in [0, 0.05) is 18.7 Å². The van der Waals surface area contributed by atoms with Gasteiger partial charge in [-0.15, -0.1) is 0 Å². The van der Waals surface area contributed by atoms with Crippen molar-refractivity contribution in [3.63, 3.8) is 0 Å². The predicted octanol–water partition coefficient (Wildman–Crippen LogP) is 2.17. The van der Waals surface area contributed by atoms with Crippen molar-refractivity contribution in [2.24, 2.45) is 0 Å². The summed E-state index contributed by atoms with van der Waals surface area (Å²) in [5, 5.41) is 2.82. The van der Waals surface area contributed by atoms with E-state index in [0.29, 0.717) is 24.7 Å². The molecule has 184 valence electrons. The molecular weight excluding hydrogens is 458 g/mol. The Morgan fingerprint density at radius 2 is 1.65 bits per heavy atom. The van der Waals surface area contributed by atoms with E-state index >= 15 is 0 Å².